The van der Waals surface area contributed by atoms with Gasteiger partial charge < -0.3 is 14.2 Å². The molecule has 0 radical (unpaired) electrons. The van der Waals surface area contributed by atoms with Crippen LogP contribution in [0.15, 0.2) is 46.9 Å². The summed E-state index contributed by atoms with van der Waals surface area (Å²) in [6.45, 7) is 6.11. The van der Waals surface area contributed by atoms with Crippen LogP contribution in [-0.4, -0.2) is 19.2 Å². The lowest BCUT2D eigenvalue weighted by atomic mass is 10.1. The van der Waals surface area contributed by atoms with E-state index in [-0.39, 0.29) is 12.1 Å². The maximum atomic E-state index is 11.6. The van der Waals surface area contributed by atoms with Crippen molar-refractivity contribution in [1.82, 2.24) is 0 Å². The van der Waals surface area contributed by atoms with E-state index < -0.39 is 0 Å². The summed E-state index contributed by atoms with van der Waals surface area (Å²) in [5.41, 5.74) is 3.07. The third-order valence-corrected chi connectivity index (χ3v) is 4.07. The lowest BCUT2D eigenvalue weighted by molar-refractivity contribution is -0.141. The van der Waals surface area contributed by atoms with Crippen molar-refractivity contribution in [2.45, 2.75) is 33.5 Å². The van der Waals surface area contributed by atoms with Crippen LogP contribution in [0.1, 0.15) is 30.5 Å². The Morgan fingerprint density at radius 1 is 1.23 bits per heavy atom. The SMILES string of the molecule is COc1cc(/C=C/C(=O)OC(C)C)cc(Br)c1OCc1cccc(C)c1. The number of halogens is 1. The summed E-state index contributed by atoms with van der Waals surface area (Å²) in [5.74, 6) is 0.828. The average molecular weight is 419 g/mol. The summed E-state index contributed by atoms with van der Waals surface area (Å²) < 4.78 is 17.2. The fourth-order valence-electron chi connectivity index (χ4n) is 2.37. The molecule has 0 atom stereocenters. The van der Waals surface area contributed by atoms with E-state index in [1.165, 1.54) is 11.6 Å². The number of esters is 1. The highest BCUT2D eigenvalue weighted by Crippen LogP contribution is 2.37. The first-order chi connectivity index (χ1) is 12.4. The highest BCUT2D eigenvalue weighted by Gasteiger charge is 2.12. The highest BCUT2D eigenvalue weighted by molar-refractivity contribution is 9.10. The van der Waals surface area contributed by atoms with Crippen molar-refractivity contribution in [2.75, 3.05) is 7.11 Å². The molecule has 2 aromatic carbocycles. The van der Waals surface area contributed by atoms with Crippen LogP contribution < -0.4 is 9.47 Å². The minimum Gasteiger partial charge on any atom is -0.493 e. The largest absolute Gasteiger partial charge is 0.493 e. The molecule has 0 saturated carbocycles. The maximum Gasteiger partial charge on any atom is 0.331 e. The molecule has 0 amide bonds. The van der Waals surface area contributed by atoms with Crippen molar-refractivity contribution in [3.63, 3.8) is 0 Å². The van der Waals surface area contributed by atoms with Crippen molar-refractivity contribution in [2.24, 2.45) is 0 Å². The number of benzene rings is 2. The van der Waals surface area contributed by atoms with E-state index in [4.69, 9.17) is 14.2 Å². The normalized spacial score (nSPS) is 11.0. The molecule has 0 N–H and O–H groups in total. The zero-order valence-electron chi connectivity index (χ0n) is 15.4. The second kappa shape index (κ2) is 9.43. The molecular weight excluding hydrogens is 396 g/mol. The molecule has 2 rings (SSSR count). The van der Waals surface area contributed by atoms with Crippen molar-refractivity contribution >= 4 is 28.0 Å². The third-order valence-electron chi connectivity index (χ3n) is 3.48. The first-order valence-electron chi connectivity index (χ1n) is 8.33. The molecule has 2 aromatic rings. The molecule has 0 unspecified atom stereocenters. The Hall–Kier alpha value is -2.27. The van der Waals surface area contributed by atoms with Gasteiger partial charge in [-0.2, -0.15) is 0 Å². The predicted molar refractivity (Wildman–Crippen MR) is 106 cm³/mol. The topological polar surface area (TPSA) is 44.8 Å². The third kappa shape index (κ3) is 5.92. The molecule has 0 aliphatic heterocycles. The van der Waals surface area contributed by atoms with Gasteiger partial charge in [-0.05, 0) is 66.0 Å². The molecule has 0 saturated heterocycles. The van der Waals surface area contributed by atoms with E-state index in [0.29, 0.717) is 18.1 Å². The molecule has 0 fully saturated rings. The number of aryl methyl sites for hydroxylation is 1. The van der Waals surface area contributed by atoms with Gasteiger partial charge in [0.2, 0.25) is 0 Å². The minimum absolute atomic E-state index is 0.147. The first-order valence-corrected chi connectivity index (χ1v) is 9.13. The average Bonchev–Trinajstić information content (AvgIpc) is 2.58. The van der Waals surface area contributed by atoms with Gasteiger partial charge in [-0.25, -0.2) is 4.79 Å². The second-order valence-electron chi connectivity index (χ2n) is 6.13. The van der Waals surface area contributed by atoms with Crippen molar-refractivity contribution in [3.8, 4) is 11.5 Å². The summed E-state index contributed by atoms with van der Waals surface area (Å²) in [4.78, 5) is 11.6. The molecule has 138 valence electrons. The van der Waals surface area contributed by atoms with Crippen LogP contribution >= 0.6 is 15.9 Å². The Kier molecular flexibility index (Phi) is 7.27. The molecule has 0 aromatic heterocycles. The molecule has 4 nitrogen and oxygen atoms in total. The van der Waals surface area contributed by atoms with Crippen molar-refractivity contribution in [3.05, 3.63) is 63.6 Å². The van der Waals surface area contributed by atoms with Crippen molar-refractivity contribution < 1.29 is 19.0 Å². The second-order valence-corrected chi connectivity index (χ2v) is 6.99. The van der Waals surface area contributed by atoms with Crippen molar-refractivity contribution in [1.29, 1.82) is 0 Å². The molecule has 0 bridgehead atoms. The zero-order chi connectivity index (χ0) is 19.1. The van der Waals surface area contributed by atoms with E-state index in [1.807, 2.05) is 51.1 Å². The molecule has 0 aliphatic carbocycles. The Morgan fingerprint density at radius 3 is 2.65 bits per heavy atom. The van der Waals surface area contributed by atoms with Gasteiger partial charge in [-0.1, -0.05) is 29.8 Å². The number of rotatable bonds is 7. The number of hydrogen-bond acceptors (Lipinski definition) is 4. The smallest absolute Gasteiger partial charge is 0.331 e. The van der Waals surface area contributed by atoms with Gasteiger partial charge in [-0.3, -0.25) is 0 Å². The molecule has 0 spiro atoms. The lowest BCUT2D eigenvalue weighted by Crippen LogP contribution is -2.08. The number of carbonyl (C=O) groups is 1. The highest BCUT2D eigenvalue weighted by atomic mass is 79.9. The van der Waals surface area contributed by atoms with E-state index in [9.17, 15) is 4.79 Å². The van der Waals surface area contributed by atoms with Gasteiger partial charge >= 0.3 is 5.97 Å². The van der Waals surface area contributed by atoms with Gasteiger partial charge in [0.25, 0.3) is 0 Å². The molecule has 0 aliphatic rings. The summed E-state index contributed by atoms with van der Waals surface area (Å²) in [7, 11) is 1.59. The van der Waals surface area contributed by atoms with Gasteiger partial charge in [0.1, 0.15) is 6.61 Å². The number of carbonyl (C=O) groups excluding carboxylic acids is 1. The van der Waals surface area contributed by atoms with E-state index in [2.05, 4.69) is 22.0 Å². The number of ether oxygens (including phenoxy) is 3. The summed E-state index contributed by atoms with van der Waals surface area (Å²) in [5, 5.41) is 0. The van der Waals surface area contributed by atoms with Crippen LogP contribution in [0.2, 0.25) is 0 Å². The maximum absolute atomic E-state index is 11.6. The Labute approximate surface area is 162 Å². The van der Waals surface area contributed by atoms with Gasteiger partial charge in [0, 0.05) is 6.08 Å². The summed E-state index contributed by atoms with van der Waals surface area (Å²) >= 11 is 3.52. The molecule has 5 heteroatoms. The summed E-state index contributed by atoms with van der Waals surface area (Å²) in [6.07, 6.45) is 2.93. The Morgan fingerprint density at radius 2 is 2.00 bits per heavy atom. The zero-order valence-corrected chi connectivity index (χ0v) is 17.0. The van der Waals surface area contributed by atoms with E-state index in [0.717, 1.165) is 15.6 Å². The van der Waals surface area contributed by atoms with Crippen LogP contribution in [0.3, 0.4) is 0 Å². The van der Waals surface area contributed by atoms with Gasteiger partial charge in [0.05, 0.1) is 17.7 Å². The van der Waals surface area contributed by atoms with Gasteiger partial charge in [-0.15, -0.1) is 0 Å². The van der Waals surface area contributed by atoms with Gasteiger partial charge in [0.15, 0.2) is 11.5 Å². The van der Waals surface area contributed by atoms with Crippen LogP contribution in [0.25, 0.3) is 6.08 Å². The fourth-order valence-corrected chi connectivity index (χ4v) is 2.94. The molecular formula is C21H23BrO4. The number of methoxy groups -OCH3 is 1. The Bertz CT molecular complexity index is 797. The van der Waals surface area contributed by atoms with Crippen LogP contribution in [0, 0.1) is 6.92 Å². The molecule has 0 heterocycles. The quantitative estimate of drug-likeness (QED) is 0.451. The van der Waals surface area contributed by atoms with E-state index in [1.54, 1.807) is 13.2 Å². The van der Waals surface area contributed by atoms with E-state index >= 15 is 0 Å². The Balaban J connectivity index is 2.15. The van der Waals surface area contributed by atoms with Crippen LogP contribution in [0.4, 0.5) is 0 Å². The van der Waals surface area contributed by atoms with Crippen LogP contribution in [-0.2, 0) is 16.1 Å². The summed E-state index contributed by atoms with van der Waals surface area (Å²) in [6, 6.07) is 11.8. The van der Waals surface area contributed by atoms with Crippen LogP contribution in [0.5, 0.6) is 11.5 Å². The first kappa shape index (κ1) is 20.0. The monoisotopic (exact) mass is 418 g/mol. The number of hydrogen-bond donors (Lipinski definition) is 0. The minimum atomic E-state index is -0.380. The predicted octanol–water partition coefficient (Wildman–Crippen LogP) is 5.31. The lowest BCUT2D eigenvalue weighted by Gasteiger charge is -2.14. The fraction of sp³-hybridized carbons (Fsp3) is 0.286. The standard InChI is InChI=1S/C21H23BrO4/c1-14(2)26-20(23)9-8-16-11-18(22)21(19(12-16)24-4)25-13-17-7-5-6-15(3)10-17/h5-12,14H,13H2,1-4H3/b9-8+. The molecule has 26 heavy (non-hydrogen) atoms.